The molecular weight excluding hydrogens is 304 g/mol. The number of nitrogens with one attached hydrogen (secondary N) is 1. The number of carbonyl (C=O) groups excluding carboxylic acids is 2. The van der Waals surface area contributed by atoms with Gasteiger partial charge in [0.25, 0.3) is 5.91 Å². The third-order valence-electron chi connectivity index (χ3n) is 3.59. The summed E-state index contributed by atoms with van der Waals surface area (Å²) in [4.78, 5) is 23.2. The maximum absolute atomic E-state index is 13.0. The highest BCUT2D eigenvalue weighted by atomic mass is 19.1. The standard InChI is InChI=1S/C17H19F2NO3/c18-14-8-13(9-15(19)10-14)17(22)23-11-16(21)20-7-6-12-4-2-1-3-5-12/h4,8-10H,1-3,5-7,11H2,(H,20,21). The van der Waals surface area contributed by atoms with E-state index >= 15 is 0 Å². The highest BCUT2D eigenvalue weighted by Gasteiger charge is 2.13. The molecule has 124 valence electrons. The number of halogens is 2. The molecule has 1 N–H and O–H groups in total. The number of hydrogen-bond acceptors (Lipinski definition) is 3. The van der Waals surface area contributed by atoms with Gasteiger partial charge < -0.3 is 10.1 Å². The Balaban J connectivity index is 1.71. The number of allylic oxidation sites excluding steroid dienone is 1. The van der Waals surface area contributed by atoms with Crippen LogP contribution in [-0.2, 0) is 9.53 Å². The van der Waals surface area contributed by atoms with Crippen molar-refractivity contribution in [3.05, 3.63) is 47.0 Å². The van der Waals surface area contributed by atoms with Gasteiger partial charge in [0.2, 0.25) is 0 Å². The van der Waals surface area contributed by atoms with Crippen LogP contribution in [0.3, 0.4) is 0 Å². The van der Waals surface area contributed by atoms with Crippen LogP contribution in [0.15, 0.2) is 29.8 Å². The van der Waals surface area contributed by atoms with Crippen LogP contribution in [0, 0.1) is 11.6 Å². The zero-order valence-corrected chi connectivity index (χ0v) is 12.7. The van der Waals surface area contributed by atoms with Gasteiger partial charge in [-0.1, -0.05) is 11.6 Å². The minimum Gasteiger partial charge on any atom is -0.452 e. The molecule has 0 aliphatic heterocycles. The fraction of sp³-hybridized carbons (Fsp3) is 0.412. The molecule has 1 aromatic rings. The molecular formula is C17H19F2NO3. The van der Waals surface area contributed by atoms with Crippen molar-refractivity contribution in [1.82, 2.24) is 5.32 Å². The maximum atomic E-state index is 13.0. The first kappa shape index (κ1) is 17.1. The molecule has 0 unspecified atom stereocenters. The van der Waals surface area contributed by atoms with Gasteiger partial charge in [0.15, 0.2) is 6.61 Å². The molecule has 0 fully saturated rings. The Hall–Kier alpha value is -2.24. The van der Waals surface area contributed by atoms with Gasteiger partial charge in [0, 0.05) is 12.6 Å². The lowest BCUT2D eigenvalue weighted by Crippen LogP contribution is -2.29. The molecule has 1 aliphatic carbocycles. The highest BCUT2D eigenvalue weighted by molar-refractivity contribution is 5.91. The summed E-state index contributed by atoms with van der Waals surface area (Å²) in [6, 6.07) is 2.38. The van der Waals surface area contributed by atoms with E-state index in [2.05, 4.69) is 11.4 Å². The summed E-state index contributed by atoms with van der Waals surface area (Å²) in [6.45, 7) is 0.00677. The molecule has 2 rings (SSSR count). The number of hydrogen-bond donors (Lipinski definition) is 1. The van der Waals surface area contributed by atoms with E-state index < -0.39 is 30.1 Å². The van der Waals surface area contributed by atoms with Crippen LogP contribution in [0.4, 0.5) is 8.78 Å². The second kappa shape index (κ2) is 8.41. The molecule has 0 bridgehead atoms. The fourth-order valence-electron chi connectivity index (χ4n) is 2.43. The Morgan fingerprint density at radius 2 is 1.87 bits per heavy atom. The van der Waals surface area contributed by atoms with Gasteiger partial charge in [-0.2, -0.15) is 0 Å². The molecule has 0 heterocycles. The predicted octanol–water partition coefficient (Wildman–Crippen LogP) is 3.13. The van der Waals surface area contributed by atoms with E-state index in [1.165, 1.54) is 18.4 Å². The van der Waals surface area contributed by atoms with Crippen LogP contribution in [0.1, 0.15) is 42.5 Å². The summed E-state index contributed by atoms with van der Waals surface area (Å²) < 4.78 is 30.7. The Bertz CT molecular complexity index is 594. The first-order valence-electron chi connectivity index (χ1n) is 7.62. The lowest BCUT2D eigenvalue weighted by atomic mass is 9.97. The monoisotopic (exact) mass is 323 g/mol. The minimum absolute atomic E-state index is 0.261. The number of rotatable bonds is 6. The number of esters is 1. The molecule has 0 spiro atoms. The molecule has 0 aromatic heterocycles. The largest absolute Gasteiger partial charge is 0.452 e. The van der Waals surface area contributed by atoms with Crippen molar-refractivity contribution in [2.45, 2.75) is 32.1 Å². The molecule has 0 atom stereocenters. The summed E-state index contributed by atoms with van der Waals surface area (Å²) in [5, 5.41) is 2.65. The van der Waals surface area contributed by atoms with Crippen LogP contribution >= 0.6 is 0 Å². The summed E-state index contributed by atoms with van der Waals surface area (Å²) in [6.07, 6.45) is 7.54. The normalized spacial score (nSPS) is 14.1. The van der Waals surface area contributed by atoms with Crippen LogP contribution in [-0.4, -0.2) is 25.0 Å². The Morgan fingerprint density at radius 1 is 1.13 bits per heavy atom. The van der Waals surface area contributed by atoms with Crippen molar-refractivity contribution in [2.75, 3.05) is 13.2 Å². The first-order valence-corrected chi connectivity index (χ1v) is 7.62. The number of benzene rings is 1. The first-order chi connectivity index (χ1) is 11.0. The summed E-state index contributed by atoms with van der Waals surface area (Å²) in [5.74, 6) is -3.12. The average Bonchev–Trinajstić information content (AvgIpc) is 2.52. The molecule has 6 heteroatoms. The molecule has 0 radical (unpaired) electrons. The molecule has 23 heavy (non-hydrogen) atoms. The number of amides is 1. The van der Waals surface area contributed by atoms with E-state index in [-0.39, 0.29) is 5.56 Å². The van der Waals surface area contributed by atoms with Crippen LogP contribution in [0.25, 0.3) is 0 Å². The van der Waals surface area contributed by atoms with Crippen molar-refractivity contribution in [2.24, 2.45) is 0 Å². The van der Waals surface area contributed by atoms with Gasteiger partial charge in [0.1, 0.15) is 11.6 Å². The number of carbonyl (C=O) groups is 2. The van der Waals surface area contributed by atoms with E-state index in [9.17, 15) is 18.4 Å². The van der Waals surface area contributed by atoms with E-state index in [1.807, 2.05) is 0 Å². The predicted molar refractivity (Wildman–Crippen MR) is 80.8 cm³/mol. The average molecular weight is 323 g/mol. The molecule has 4 nitrogen and oxygen atoms in total. The quantitative estimate of drug-likeness (QED) is 0.646. The second-order valence-corrected chi connectivity index (χ2v) is 5.44. The highest BCUT2D eigenvalue weighted by Crippen LogP contribution is 2.19. The Labute approximate surface area is 133 Å². The van der Waals surface area contributed by atoms with E-state index in [1.54, 1.807) is 0 Å². The summed E-state index contributed by atoms with van der Waals surface area (Å²) in [7, 11) is 0. The third kappa shape index (κ3) is 5.81. The lowest BCUT2D eigenvalue weighted by Gasteiger charge is -2.13. The Kier molecular flexibility index (Phi) is 6.26. The van der Waals surface area contributed by atoms with Gasteiger partial charge in [-0.15, -0.1) is 0 Å². The van der Waals surface area contributed by atoms with Crippen LogP contribution < -0.4 is 5.32 Å². The molecule has 1 aromatic carbocycles. The van der Waals surface area contributed by atoms with Gasteiger partial charge in [0.05, 0.1) is 5.56 Å². The topological polar surface area (TPSA) is 55.4 Å². The van der Waals surface area contributed by atoms with Crippen LogP contribution in [0.2, 0.25) is 0 Å². The van der Waals surface area contributed by atoms with Gasteiger partial charge in [-0.3, -0.25) is 4.79 Å². The third-order valence-corrected chi connectivity index (χ3v) is 3.59. The lowest BCUT2D eigenvalue weighted by molar-refractivity contribution is -0.124. The van der Waals surface area contributed by atoms with Crippen molar-refractivity contribution in [1.29, 1.82) is 0 Å². The minimum atomic E-state index is -0.937. The maximum Gasteiger partial charge on any atom is 0.338 e. The zero-order valence-electron chi connectivity index (χ0n) is 12.7. The summed E-state index contributed by atoms with van der Waals surface area (Å²) >= 11 is 0. The fourth-order valence-corrected chi connectivity index (χ4v) is 2.43. The van der Waals surface area contributed by atoms with Crippen molar-refractivity contribution >= 4 is 11.9 Å². The second-order valence-electron chi connectivity index (χ2n) is 5.44. The van der Waals surface area contributed by atoms with Gasteiger partial charge >= 0.3 is 5.97 Å². The van der Waals surface area contributed by atoms with E-state index in [0.29, 0.717) is 12.6 Å². The van der Waals surface area contributed by atoms with Crippen molar-refractivity contribution < 1.29 is 23.1 Å². The van der Waals surface area contributed by atoms with E-state index in [4.69, 9.17) is 4.74 Å². The van der Waals surface area contributed by atoms with Crippen molar-refractivity contribution in [3.8, 4) is 0 Å². The smallest absolute Gasteiger partial charge is 0.338 e. The van der Waals surface area contributed by atoms with Gasteiger partial charge in [-0.05, 0) is 44.2 Å². The van der Waals surface area contributed by atoms with Gasteiger partial charge in [-0.25, -0.2) is 13.6 Å². The molecule has 1 amide bonds. The molecule has 0 saturated heterocycles. The number of ether oxygens (including phenoxy) is 1. The summed E-state index contributed by atoms with van der Waals surface area (Å²) in [5.41, 5.74) is 1.08. The Morgan fingerprint density at radius 3 is 2.52 bits per heavy atom. The van der Waals surface area contributed by atoms with E-state index in [0.717, 1.165) is 31.4 Å². The van der Waals surface area contributed by atoms with Crippen LogP contribution in [0.5, 0.6) is 0 Å². The molecule has 0 saturated carbocycles. The zero-order chi connectivity index (χ0) is 16.7. The SMILES string of the molecule is O=C(COC(=O)c1cc(F)cc(F)c1)NCCC1=CCCCC1. The molecule has 1 aliphatic rings. The van der Waals surface area contributed by atoms with Crippen molar-refractivity contribution in [3.63, 3.8) is 0 Å².